The fourth-order valence-electron chi connectivity index (χ4n) is 0.916. The SMILES string of the molecule is CS(=O)CCNC(=O)c1cc(Cl)nnc1Cl. The molecule has 0 saturated carbocycles. The highest BCUT2D eigenvalue weighted by Crippen LogP contribution is 2.14. The summed E-state index contributed by atoms with van der Waals surface area (Å²) in [6.45, 7) is 0.304. The molecule has 5 nitrogen and oxygen atoms in total. The van der Waals surface area contributed by atoms with Gasteiger partial charge in [-0.15, -0.1) is 10.2 Å². The second-order valence-electron chi connectivity index (χ2n) is 2.90. The first-order chi connectivity index (χ1) is 7.50. The molecule has 0 aromatic carbocycles. The number of nitrogens with zero attached hydrogens (tertiary/aromatic N) is 2. The van der Waals surface area contributed by atoms with Crippen LogP contribution in [0.2, 0.25) is 10.3 Å². The molecule has 1 aromatic rings. The van der Waals surface area contributed by atoms with Gasteiger partial charge in [-0.05, 0) is 6.07 Å². The first-order valence-corrected chi connectivity index (χ1v) is 6.76. The average molecular weight is 282 g/mol. The molecule has 1 heterocycles. The summed E-state index contributed by atoms with van der Waals surface area (Å²) in [6.07, 6.45) is 1.56. The number of amides is 1. The maximum Gasteiger partial charge on any atom is 0.254 e. The molecule has 0 aliphatic carbocycles. The summed E-state index contributed by atoms with van der Waals surface area (Å²) in [5.74, 6) is -0.0254. The van der Waals surface area contributed by atoms with Gasteiger partial charge in [-0.1, -0.05) is 23.2 Å². The van der Waals surface area contributed by atoms with Crippen LogP contribution < -0.4 is 5.32 Å². The van der Waals surface area contributed by atoms with Gasteiger partial charge in [0, 0.05) is 29.4 Å². The predicted molar refractivity (Wildman–Crippen MR) is 63.3 cm³/mol. The largest absolute Gasteiger partial charge is 0.351 e. The zero-order valence-electron chi connectivity index (χ0n) is 8.37. The summed E-state index contributed by atoms with van der Waals surface area (Å²) in [5, 5.41) is 9.62. The third-order valence-corrected chi connectivity index (χ3v) is 2.88. The van der Waals surface area contributed by atoms with Crippen LogP contribution >= 0.6 is 23.2 Å². The lowest BCUT2D eigenvalue weighted by molar-refractivity contribution is 0.0956. The number of rotatable bonds is 4. The van der Waals surface area contributed by atoms with Gasteiger partial charge in [0.2, 0.25) is 0 Å². The van der Waals surface area contributed by atoms with Crippen molar-refractivity contribution in [1.29, 1.82) is 0 Å². The topological polar surface area (TPSA) is 72.0 Å². The van der Waals surface area contributed by atoms with Gasteiger partial charge in [0.1, 0.15) is 0 Å². The number of carbonyl (C=O) groups excluding carboxylic acids is 1. The highest BCUT2D eigenvalue weighted by atomic mass is 35.5. The maximum absolute atomic E-state index is 11.6. The van der Waals surface area contributed by atoms with Gasteiger partial charge in [-0.25, -0.2) is 0 Å². The third-order valence-electron chi connectivity index (χ3n) is 1.64. The molecule has 8 heteroatoms. The molecule has 0 radical (unpaired) electrons. The predicted octanol–water partition coefficient (Wildman–Crippen LogP) is 0.892. The van der Waals surface area contributed by atoms with E-state index in [1.165, 1.54) is 6.07 Å². The molecule has 88 valence electrons. The third kappa shape index (κ3) is 4.03. The van der Waals surface area contributed by atoms with E-state index in [1.54, 1.807) is 6.26 Å². The van der Waals surface area contributed by atoms with E-state index in [2.05, 4.69) is 15.5 Å². The van der Waals surface area contributed by atoms with E-state index < -0.39 is 16.7 Å². The minimum Gasteiger partial charge on any atom is -0.351 e. The van der Waals surface area contributed by atoms with E-state index in [4.69, 9.17) is 23.2 Å². The van der Waals surface area contributed by atoms with Crippen LogP contribution in [0.1, 0.15) is 10.4 Å². The van der Waals surface area contributed by atoms with Gasteiger partial charge >= 0.3 is 0 Å². The Kier molecular flexibility index (Phi) is 5.11. The zero-order valence-corrected chi connectivity index (χ0v) is 10.7. The molecule has 0 aliphatic rings. The molecule has 0 spiro atoms. The summed E-state index contributed by atoms with van der Waals surface area (Å²) in [7, 11) is -0.950. The number of hydrogen-bond acceptors (Lipinski definition) is 4. The van der Waals surface area contributed by atoms with Gasteiger partial charge < -0.3 is 5.32 Å². The molecule has 16 heavy (non-hydrogen) atoms. The van der Waals surface area contributed by atoms with Crippen LogP contribution in [-0.4, -0.2) is 38.9 Å². The maximum atomic E-state index is 11.6. The van der Waals surface area contributed by atoms with Crippen LogP contribution in [0.5, 0.6) is 0 Å². The Morgan fingerprint density at radius 3 is 2.81 bits per heavy atom. The van der Waals surface area contributed by atoms with Crippen molar-refractivity contribution < 1.29 is 9.00 Å². The van der Waals surface area contributed by atoms with Crippen LogP contribution in [0.4, 0.5) is 0 Å². The average Bonchev–Trinajstić information content (AvgIpc) is 2.21. The molecule has 1 N–H and O–H groups in total. The van der Waals surface area contributed by atoms with Crippen LogP contribution in [-0.2, 0) is 10.8 Å². The molecule has 0 bridgehead atoms. The summed E-state index contributed by atoms with van der Waals surface area (Å²) in [6, 6.07) is 1.33. The van der Waals surface area contributed by atoms with Gasteiger partial charge in [0.15, 0.2) is 10.3 Å². The van der Waals surface area contributed by atoms with Crippen LogP contribution in [0.15, 0.2) is 6.07 Å². The lowest BCUT2D eigenvalue weighted by Gasteiger charge is -2.04. The molecular weight excluding hydrogens is 273 g/mol. The van der Waals surface area contributed by atoms with Crippen LogP contribution in [0.25, 0.3) is 0 Å². The number of aromatic nitrogens is 2. The fraction of sp³-hybridized carbons (Fsp3) is 0.375. The lowest BCUT2D eigenvalue weighted by atomic mass is 10.3. The molecule has 1 unspecified atom stereocenters. The van der Waals surface area contributed by atoms with Crippen molar-refractivity contribution in [2.24, 2.45) is 0 Å². The summed E-state index contributed by atoms with van der Waals surface area (Å²) < 4.78 is 10.8. The number of hydrogen-bond donors (Lipinski definition) is 1. The van der Waals surface area contributed by atoms with E-state index in [9.17, 15) is 9.00 Å². The van der Waals surface area contributed by atoms with E-state index in [0.717, 1.165) is 0 Å². The Balaban J connectivity index is 2.65. The van der Waals surface area contributed by atoms with Crippen molar-refractivity contribution in [2.45, 2.75) is 0 Å². The van der Waals surface area contributed by atoms with E-state index in [0.29, 0.717) is 12.3 Å². The summed E-state index contributed by atoms with van der Waals surface area (Å²) >= 11 is 11.3. The normalized spacial score (nSPS) is 12.2. The second-order valence-corrected chi connectivity index (χ2v) is 5.20. The number of halogens is 2. The van der Waals surface area contributed by atoms with E-state index >= 15 is 0 Å². The molecule has 1 atom stereocenters. The van der Waals surface area contributed by atoms with Crippen LogP contribution in [0, 0.1) is 0 Å². The molecule has 0 fully saturated rings. The Hall–Kier alpha value is -0.720. The Morgan fingerprint density at radius 1 is 1.50 bits per heavy atom. The molecule has 0 saturated heterocycles. The van der Waals surface area contributed by atoms with Crippen molar-refractivity contribution >= 4 is 39.9 Å². The summed E-state index contributed by atoms with van der Waals surface area (Å²) in [4.78, 5) is 11.6. The van der Waals surface area contributed by atoms with Crippen molar-refractivity contribution in [1.82, 2.24) is 15.5 Å². The van der Waals surface area contributed by atoms with Crippen molar-refractivity contribution in [3.8, 4) is 0 Å². The van der Waals surface area contributed by atoms with Crippen LogP contribution in [0.3, 0.4) is 0 Å². The molecule has 0 aliphatic heterocycles. The molecular formula is C8H9Cl2N3O2S. The van der Waals surface area contributed by atoms with E-state index in [-0.39, 0.29) is 15.9 Å². The van der Waals surface area contributed by atoms with E-state index in [1.807, 2.05) is 0 Å². The number of nitrogens with one attached hydrogen (secondary N) is 1. The zero-order chi connectivity index (χ0) is 12.1. The smallest absolute Gasteiger partial charge is 0.254 e. The Morgan fingerprint density at radius 2 is 2.19 bits per heavy atom. The molecule has 1 rings (SSSR count). The number of carbonyl (C=O) groups is 1. The Labute approximate surface area is 105 Å². The lowest BCUT2D eigenvalue weighted by Crippen LogP contribution is -2.28. The highest BCUT2D eigenvalue weighted by Gasteiger charge is 2.12. The highest BCUT2D eigenvalue weighted by molar-refractivity contribution is 7.84. The fourth-order valence-corrected chi connectivity index (χ4v) is 1.63. The first-order valence-electron chi connectivity index (χ1n) is 4.27. The standard InChI is InChI=1S/C8H9Cl2N3O2S/c1-16(15)3-2-11-8(14)5-4-6(9)12-13-7(5)10/h4H,2-3H2,1H3,(H,11,14). The van der Waals surface area contributed by atoms with Gasteiger partial charge in [0.05, 0.1) is 5.56 Å². The minimum atomic E-state index is -0.950. The molecule has 1 aromatic heterocycles. The minimum absolute atomic E-state index is 0.0143. The molecule has 1 amide bonds. The summed E-state index contributed by atoms with van der Waals surface area (Å²) in [5.41, 5.74) is 0.156. The van der Waals surface area contributed by atoms with Crippen molar-refractivity contribution in [3.63, 3.8) is 0 Å². The van der Waals surface area contributed by atoms with Gasteiger partial charge in [-0.2, -0.15) is 0 Å². The first kappa shape index (κ1) is 13.3. The second kappa shape index (κ2) is 6.12. The monoisotopic (exact) mass is 281 g/mol. The van der Waals surface area contributed by atoms with Crippen molar-refractivity contribution in [2.75, 3.05) is 18.6 Å². The Bertz CT molecular complexity index is 428. The van der Waals surface area contributed by atoms with Crippen molar-refractivity contribution in [3.05, 3.63) is 21.9 Å². The van der Waals surface area contributed by atoms with Gasteiger partial charge in [-0.3, -0.25) is 9.00 Å². The van der Waals surface area contributed by atoms with Gasteiger partial charge in [0.25, 0.3) is 5.91 Å². The quantitative estimate of drug-likeness (QED) is 0.890.